The van der Waals surface area contributed by atoms with E-state index in [2.05, 4.69) is 50.5 Å². The van der Waals surface area contributed by atoms with Crippen LogP contribution in [0.3, 0.4) is 0 Å². The number of likely N-dealkylation sites (N-methyl/N-ethyl adjacent to an activating group) is 1. The van der Waals surface area contributed by atoms with Crippen LogP contribution in [0.15, 0.2) is 28.7 Å². The molecule has 0 saturated carbocycles. The van der Waals surface area contributed by atoms with Gasteiger partial charge < -0.3 is 5.32 Å². The molecule has 0 aliphatic heterocycles. The fourth-order valence-electron chi connectivity index (χ4n) is 1.65. The third kappa shape index (κ3) is 4.15. The second kappa shape index (κ2) is 6.97. The Morgan fingerprint density at radius 3 is 2.89 bits per heavy atom. The van der Waals surface area contributed by atoms with Gasteiger partial charge in [-0.15, -0.1) is 21.5 Å². The minimum absolute atomic E-state index is 0.859. The molecule has 96 valence electrons. The molecule has 0 fully saturated rings. The van der Waals surface area contributed by atoms with Gasteiger partial charge in [-0.05, 0) is 24.2 Å². The molecule has 3 nitrogen and oxygen atoms in total. The predicted octanol–water partition coefficient (Wildman–Crippen LogP) is 3.04. The van der Waals surface area contributed by atoms with E-state index in [1.54, 1.807) is 11.3 Å². The van der Waals surface area contributed by atoms with Crippen molar-refractivity contribution >= 4 is 27.3 Å². The molecule has 1 aromatic heterocycles. The Morgan fingerprint density at radius 2 is 2.11 bits per heavy atom. The molecule has 0 unspecified atom stereocenters. The Labute approximate surface area is 120 Å². The van der Waals surface area contributed by atoms with Crippen molar-refractivity contribution in [3.63, 3.8) is 0 Å². The topological polar surface area (TPSA) is 37.8 Å². The lowest BCUT2D eigenvalue weighted by Crippen LogP contribution is -2.15. The molecule has 0 atom stereocenters. The molecule has 1 N–H and O–H groups in total. The smallest absolute Gasteiger partial charge is 0.121 e. The second-order valence-electron chi connectivity index (χ2n) is 4.00. The van der Waals surface area contributed by atoms with E-state index < -0.39 is 0 Å². The van der Waals surface area contributed by atoms with Crippen LogP contribution >= 0.6 is 27.3 Å². The monoisotopic (exact) mass is 325 g/mol. The van der Waals surface area contributed by atoms with E-state index in [1.165, 1.54) is 5.56 Å². The number of hydrogen-bond acceptors (Lipinski definition) is 4. The lowest BCUT2D eigenvalue weighted by atomic mass is 10.2. The zero-order valence-corrected chi connectivity index (χ0v) is 12.7. The average Bonchev–Trinajstić information content (AvgIpc) is 2.77. The Bertz CT molecular complexity index is 498. The van der Waals surface area contributed by atoms with Crippen molar-refractivity contribution in [3.8, 4) is 0 Å². The van der Waals surface area contributed by atoms with Crippen LogP contribution in [0.25, 0.3) is 0 Å². The van der Waals surface area contributed by atoms with E-state index in [1.807, 2.05) is 12.1 Å². The SMILES string of the molecule is CCNCCc1nnc(Cc2cccc(Br)c2)s1. The first-order chi connectivity index (χ1) is 8.78. The number of rotatable bonds is 6. The molecule has 5 heteroatoms. The Kier molecular flexibility index (Phi) is 5.28. The zero-order chi connectivity index (χ0) is 12.8. The second-order valence-corrected chi connectivity index (χ2v) is 6.06. The van der Waals surface area contributed by atoms with Crippen molar-refractivity contribution < 1.29 is 0 Å². The lowest BCUT2D eigenvalue weighted by Gasteiger charge is -1.98. The van der Waals surface area contributed by atoms with Crippen LogP contribution in [0, 0.1) is 0 Å². The number of nitrogens with one attached hydrogen (secondary N) is 1. The van der Waals surface area contributed by atoms with Gasteiger partial charge in [0.05, 0.1) is 0 Å². The van der Waals surface area contributed by atoms with Gasteiger partial charge in [0.25, 0.3) is 0 Å². The molecule has 2 rings (SSSR count). The molecular formula is C13H16BrN3S. The first-order valence-electron chi connectivity index (χ1n) is 6.04. The summed E-state index contributed by atoms with van der Waals surface area (Å²) in [5.41, 5.74) is 1.26. The Morgan fingerprint density at radius 1 is 1.28 bits per heavy atom. The molecule has 0 spiro atoms. The molecule has 0 saturated heterocycles. The summed E-state index contributed by atoms with van der Waals surface area (Å²) in [5.74, 6) is 0. The summed E-state index contributed by atoms with van der Waals surface area (Å²) >= 11 is 5.19. The van der Waals surface area contributed by atoms with Crippen LogP contribution in [0.4, 0.5) is 0 Å². The first kappa shape index (κ1) is 13.6. The van der Waals surface area contributed by atoms with Crippen molar-refractivity contribution in [2.75, 3.05) is 13.1 Å². The molecule has 2 aromatic rings. The molecule has 0 radical (unpaired) electrons. The van der Waals surface area contributed by atoms with E-state index in [4.69, 9.17) is 0 Å². The molecule has 0 aliphatic carbocycles. The summed E-state index contributed by atoms with van der Waals surface area (Å²) in [5, 5.41) is 14.0. The van der Waals surface area contributed by atoms with Crippen molar-refractivity contribution in [1.82, 2.24) is 15.5 Å². The predicted molar refractivity (Wildman–Crippen MR) is 79.1 cm³/mol. The maximum Gasteiger partial charge on any atom is 0.121 e. The van der Waals surface area contributed by atoms with E-state index in [9.17, 15) is 0 Å². The molecule has 0 aliphatic rings. The summed E-state index contributed by atoms with van der Waals surface area (Å²) in [6.45, 7) is 4.09. The number of benzene rings is 1. The van der Waals surface area contributed by atoms with E-state index in [0.29, 0.717) is 0 Å². The fourth-order valence-corrected chi connectivity index (χ4v) is 2.98. The molecule has 1 heterocycles. The number of halogens is 1. The van der Waals surface area contributed by atoms with Crippen molar-refractivity contribution in [1.29, 1.82) is 0 Å². The van der Waals surface area contributed by atoms with Crippen LogP contribution in [0.2, 0.25) is 0 Å². The summed E-state index contributed by atoms with van der Waals surface area (Å²) in [7, 11) is 0. The van der Waals surface area contributed by atoms with Gasteiger partial charge in [0, 0.05) is 23.9 Å². The van der Waals surface area contributed by atoms with Crippen LogP contribution in [0.1, 0.15) is 22.5 Å². The summed E-state index contributed by atoms with van der Waals surface area (Å²) in [6, 6.07) is 8.32. The van der Waals surface area contributed by atoms with Gasteiger partial charge in [0.1, 0.15) is 10.0 Å². The number of nitrogens with zero attached hydrogens (tertiary/aromatic N) is 2. The third-order valence-corrected chi connectivity index (χ3v) is 3.99. The fraction of sp³-hybridized carbons (Fsp3) is 0.385. The molecule has 0 bridgehead atoms. The molecule has 18 heavy (non-hydrogen) atoms. The van der Waals surface area contributed by atoms with Gasteiger partial charge in [0.2, 0.25) is 0 Å². The van der Waals surface area contributed by atoms with Crippen LogP contribution in [0.5, 0.6) is 0 Å². The van der Waals surface area contributed by atoms with Crippen LogP contribution in [-0.4, -0.2) is 23.3 Å². The maximum atomic E-state index is 4.25. The van der Waals surface area contributed by atoms with Crippen molar-refractivity contribution in [2.24, 2.45) is 0 Å². The molecular weight excluding hydrogens is 310 g/mol. The minimum atomic E-state index is 0.859. The number of hydrogen-bond donors (Lipinski definition) is 1. The minimum Gasteiger partial charge on any atom is -0.317 e. The van der Waals surface area contributed by atoms with Gasteiger partial charge >= 0.3 is 0 Å². The van der Waals surface area contributed by atoms with Crippen molar-refractivity contribution in [3.05, 3.63) is 44.3 Å². The van der Waals surface area contributed by atoms with Gasteiger partial charge in [0.15, 0.2) is 0 Å². The Balaban J connectivity index is 1.94. The summed E-state index contributed by atoms with van der Waals surface area (Å²) in [6.07, 6.45) is 1.82. The summed E-state index contributed by atoms with van der Waals surface area (Å²) < 4.78 is 1.11. The van der Waals surface area contributed by atoms with Crippen LogP contribution < -0.4 is 5.32 Å². The summed E-state index contributed by atoms with van der Waals surface area (Å²) in [4.78, 5) is 0. The standard InChI is InChI=1S/C13H16BrN3S/c1-2-15-7-6-12-16-17-13(18-12)9-10-4-3-5-11(14)8-10/h3-5,8,15H,2,6-7,9H2,1H3. The van der Waals surface area contributed by atoms with Gasteiger partial charge in [-0.25, -0.2) is 0 Å². The largest absolute Gasteiger partial charge is 0.317 e. The van der Waals surface area contributed by atoms with Gasteiger partial charge in [-0.2, -0.15) is 0 Å². The van der Waals surface area contributed by atoms with Crippen molar-refractivity contribution in [2.45, 2.75) is 19.8 Å². The van der Waals surface area contributed by atoms with Crippen LogP contribution in [-0.2, 0) is 12.8 Å². The van der Waals surface area contributed by atoms with E-state index in [0.717, 1.165) is 40.4 Å². The van der Waals surface area contributed by atoms with E-state index >= 15 is 0 Å². The highest BCUT2D eigenvalue weighted by Crippen LogP contribution is 2.17. The highest BCUT2D eigenvalue weighted by Gasteiger charge is 2.05. The highest BCUT2D eigenvalue weighted by molar-refractivity contribution is 9.10. The third-order valence-electron chi connectivity index (χ3n) is 2.52. The highest BCUT2D eigenvalue weighted by atomic mass is 79.9. The Hall–Kier alpha value is -0.780. The normalized spacial score (nSPS) is 10.8. The molecule has 0 amide bonds. The number of aromatic nitrogens is 2. The quantitative estimate of drug-likeness (QED) is 0.829. The van der Waals surface area contributed by atoms with E-state index in [-0.39, 0.29) is 0 Å². The molecule has 1 aromatic carbocycles. The first-order valence-corrected chi connectivity index (χ1v) is 7.65. The van der Waals surface area contributed by atoms with Gasteiger partial charge in [-0.1, -0.05) is 35.0 Å². The maximum absolute atomic E-state index is 4.25. The van der Waals surface area contributed by atoms with Gasteiger partial charge in [-0.3, -0.25) is 0 Å². The zero-order valence-electron chi connectivity index (χ0n) is 10.3. The average molecular weight is 326 g/mol. The lowest BCUT2D eigenvalue weighted by molar-refractivity contribution is 0.710.